The SMILES string of the molecule is NC(=O)c1cnccc1N1CCCC(Nc2ccccc2)C1. The molecule has 2 aromatic rings. The Morgan fingerprint density at radius 2 is 2.09 bits per heavy atom. The molecule has 1 saturated heterocycles. The number of amides is 1. The summed E-state index contributed by atoms with van der Waals surface area (Å²) in [5, 5.41) is 3.56. The van der Waals surface area contributed by atoms with Crippen LogP contribution < -0.4 is 16.0 Å². The molecule has 3 N–H and O–H groups in total. The van der Waals surface area contributed by atoms with Gasteiger partial charge in [-0.05, 0) is 31.0 Å². The molecule has 2 heterocycles. The monoisotopic (exact) mass is 296 g/mol. The smallest absolute Gasteiger partial charge is 0.252 e. The molecule has 1 aromatic heterocycles. The molecular formula is C17H20N4O. The van der Waals surface area contributed by atoms with Crippen LogP contribution in [0.3, 0.4) is 0 Å². The van der Waals surface area contributed by atoms with E-state index >= 15 is 0 Å². The third kappa shape index (κ3) is 3.19. The number of anilines is 2. The summed E-state index contributed by atoms with van der Waals surface area (Å²) in [5.74, 6) is -0.429. The normalized spacial score (nSPS) is 18.0. The minimum atomic E-state index is -0.429. The highest BCUT2D eigenvalue weighted by atomic mass is 16.1. The van der Waals surface area contributed by atoms with Crippen LogP contribution in [0.25, 0.3) is 0 Å². The third-order valence-corrected chi connectivity index (χ3v) is 3.97. The van der Waals surface area contributed by atoms with Crippen molar-refractivity contribution < 1.29 is 4.79 Å². The van der Waals surface area contributed by atoms with Gasteiger partial charge in [-0.2, -0.15) is 0 Å². The molecule has 1 unspecified atom stereocenters. The number of para-hydroxylation sites is 1. The number of aromatic nitrogens is 1. The van der Waals surface area contributed by atoms with Crippen LogP contribution in [0, 0.1) is 0 Å². The van der Waals surface area contributed by atoms with Crippen LogP contribution in [-0.4, -0.2) is 30.0 Å². The largest absolute Gasteiger partial charge is 0.381 e. The topological polar surface area (TPSA) is 71.2 Å². The van der Waals surface area contributed by atoms with Gasteiger partial charge in [-0.1, -0.05) is 18.2 Å². The van der Waals surface area contributed by atoms with Gasteiger partial charge < -0.3 is 16.0 Å². The first-order valence-electron chi connectivity index (χ1n) is 7.54. The molecule has 0 aliphatic carbocycles. The summed E-state index contributed by atoms with van der Waals surface area (Å²) in [4.78, 5) is 17.8. The lowest BCUT2D eigenvalue weighted by molar-refractivity contribution is 0.100. The van der Waals surface area contributed by atoms with E-state index in [4.69, 9.17) is 5.73 Å². The van der Waals surface area contributed by atoms with Crippen molar-refractivity contribution in [2.75, 3.05) is 23.3 Å². The summed E-state index contributed by atoms with van der Waals surface area (Å²) in [6, 6.07) is 12.4. The van der Waals surface area contributed by atoms with Crippen molar-refractivity contribution in [2.45, 2.75) is 18.9 Å². The van der Waals surface area contributed by atoms with E-state index in [1.165, 1.54) is 0 Å². The van der Waals surface area contributed by atoms with Gasteiger partial charge in [-0.3, -0.25) is 9.78 Å². The predicted octanol–water partition coefficient (Wildman–Crippen LogP) is 2.26. The van der Waals surface area contributed by atoms with Crippen LogP contribution >= 0.6 is 0 Å². The second kappa shape index (κ2) is 6.47. The Labute approximate surface area is 130 Å². The lowest BCUT2D eigenvalue weighted by Crippen LogP contribution is -2.43. The van der Waals surface area contributed by atoms with Crippen molar-refractivity contribution in [1.29, 1.82) is 0 Å². The molecule has 1 aliphatic rings. The van der Waals surface area contributed by atoms with E-state index in [-0.39, 0.29) is 0 Å². The number of nitrogens with one attached hydrogen (secondary N) is 1. The summed E-state index contributed by atoms with van der Waals surface area (Å²) < 4.78 is 0. The number of nitrogens with zero attached hydrogens (tertiary/aromatic N) is 2. The Balaban J connectivity index is 1.75. The summed E-state index contributed by atoms with van der Waals surface area (Å²) >= 11 is 0. The van der Waals surface area contributed by atoms with Gasteiger partial charge in [0, 0.05) is 37.2 Å². The van der Waals surface area contributed by atoms with E-state index in [0.29, 0.717) is 11.6 Å². The van der Waals surface area contributed by atoms with E-state index < -0.39 is 5.91 Å². The first-order chi connectivity index (χ1) is 10.7. The van der Waals surface area contributed by atoms with Gasteiger partial charge in [0.2, 0.25) is 0 Å². The van der Waals surface area contributed by atoms with E-state index in [9.17, 15) is 4.79 Å². The molecule has 1 atom stereocenters. The Morgan fingerprint density at radius 3 is 2.86 bits per heavy atom. The van der Waals surface area contributed by atoms with Crippen LogP contribution in [-0.2, 0) is 0 Å². The molecule has 1 fully saturated rings. The highest BCUT2D eigenvalue weighted by Gasteiger charge is 2.22. The van der Waals surface area contributed by atoms with Crippen LogP contribution in [0.15, 0.2) is 48.8 Å². The molecule has 22 heavy (non-hydrogen) atoms. The van der Waals surface area contributed by atoms with Crippen LogP contribution in [0.1, 0.15) is 23.2 Å². The van der Waals surface area contributed by atoms with Gasteiger partial charge in [0.15, 0.2) is 0 Å². The fraction of sp³-hybridized carbons (Fsp3) is 0.294. The van der Waals surface area contributed by atoms with Gasteiger partial charge >= 0.3 is 0 Å². The van der Waals surface area contributed by atoms with Crippen molar-refractivity contribution in [1.82, 2.24) is 4.98 Å². The highest BCUT2D eigenvalue weighted by Crippen LogP contribution is 2.24. The predicted molar refractivity (Wildman–Crippen MR) is 88.1 cm³/mol. The Morgan fingerprint density at radius 1 is 1.27 bits per heavy atom. The number of carbonyl (C=O) groups is 1. The van der Waals surface area contributed by atoms with Crippen molar-refractivity contribution >= 4 is 17.3 Å². The first kappa shape index (κ1) is 14.4. The third-order valence-electron chi connectivity index (χ3n) is 3.97. The molecule has 114 valence electrons. The molecule has 5 nitrogen and oxygen atoms in total. The number of piperidine rings is 1. The summed E-state index contributed by atoms with van der Waals surface area (Å²) in [6.07, 6.45) is 5.44. The van der Waals surface area contributed by atoms with Crippen molar-refractivity contribution in [3.63, 3.8) is 0 Å². The van der Waals surface area contributed by atoms with Crippen LogP contribution in [0.5, 0.6) is 0 Å². The van der Waals surface area contributed by atoms with E-state index in [1.807, 2.05) is 24.3 Å². The molecule has 3 rings (SSSR count). The van der Waals surface area contributed by atoms with E-state index in [2.05, 4.69) is 27.3 Å². The lowest BCUT2D eigenvalue weighted by atomic mass is 10.0. The van der Waals surface area contributed by atoms with E-state index in [0.717, 1.165) is 37.3 Å². The fourth-order valence-electron chi connectivity index (χ4n) is 2.94. The Bertz CT molecular complexity index is 644. The molecule has 0 radical (unpaired) electrons. The summed E-state index contributed by atoms with van der Waals surface area (Å²) in [7, 11) is 0. The average molecular weight is 296 g/mol. The molecule has 0 spiro atoms. The number of hydrogen-bond donors (Lipinski definition) is 2. The van der Waals surface area contributed by atoms with Gasteiger partial charge in [0.25, 0.3) is 5.91 Å². The quantitative estimate of drug-likeness (QED) is 0.908. The first-order valence-corrected chi connectivity index (χ1v) is 7.54. The second-order valence-corrected chi connectivity index (χ2v) is 5.55. The number of nitrogens with two attached hydrogens (primary N) is 1. The Kier molecular flexibility index (Phi) is 4.23. The zero-order chi connectivity index (χ0) is 15.4. The standard InChI is InChI=1S/C17H20N4O/c18-17(22)15-11-19-9-8-16(15)21-10-4-7-14(12-21)20-13-5-2-1-3-6-13/h1-3,5-6,8-9,11,14,20H,4,7,10,12H2,(H2,18,22). The molecule has 1 aliphatic heterocycles. The molecular weight excluding hydrogens is 276 g/mol. The molecule has 1 aromatic carbocycles. The highest BCUT2D eigenvalue weighted by molar-refractivity contribution is 5.98. The van der Waals surface area contributed by atoms with Crippen LogP contribution in [0.2, 0.25) is 0 Å². The number of carbonyl (C=O) groups excluding carboxylic acids is 1. The molecule has 1 amide bonds. The van der Waals surface area contributed by atoms with Gasteiger partial charge in [0.05, 0.1) is 11.3 Å². The number of pyridine rings is 1. The number of hydrogen-bond acceptors (Lipinski definition) is 4. The van der Waals surface area contributed by atoms with Crippen molar-refractivity contribution in [3.8, 4) is 0 Å². The summed E-state index contributed by atoms with van der Waals surface area (Å²) in [5.41, 5.74) is 7.95. The maximum atomic E-state index is 11.6. The Hall–Kier alpha value is -2.56. The zero-order valence-corrected chi connectivity index (χ0v) is 12.4. The van der Waals surface area contributed by atoms with Gasteiger partial charge in [-0.25, -0.2) is 0 Å². The average Bonchev–Trinajstić information content (AvgIpc) is 2.56. The molecule has 0 bridgehead atoms. The molecule has 5 heteroatoms. The summed E-state index contributed by atoms with van der Waals surface area (Å²) in [6.45, 7) is 1.77. The fourth-order valence-corrected chi connectivity index (χ4v) is 2.94. The second-order valence-electron chi connectivity index (χ2n) is 5.55. The minimum absolute atomic E-state index is 0.352. The van der Waals surface area contributed by atoms with Crippen molar-refractivity contribution in [2.24, 2.45) is 5.73 Å². The van der Waals surface area contributed by atoms with Gasteiger partial charge in [-0.15, -0.1) is 0 Å². The lowest BCUT2D eigenvalue weighted by Gasteiger charge is -2.35. The zero-order valence-electron chi connectivity index (χ0n) is 12.4. The maximum Gasteiger partial charge on any atom is 0.252 e. The maximum absolute atomic E-state index is 11.6. The minimum Gasteiger partial charge on any atom is -0.381 e. The van der Waals surface area contributed by atoms with E-state index in [1.54, 1.807) is 12.4 Å². The number of primary amides is 1. The van der Waals surface area contributed by atoms with Gasteiger partial charge in [0.1, 0.15) is 0 Å². The molecule has 0 saturated carbocycles. The van der Waals surface area contributed by atoms with Crippen LogP contribution in [0.4, 0.5) is 11.4 Å². The number of rotatable bonds is 4. The van der Waals surface area contributed by atoms with Crippen molar-refractivity contribution in [3.05, 3.63) is 54.4 Å². The number of benzene rings is 1.